The zero-order valence-electron chi connectivity index (χ0n) is 10.7. The van der Waals surface area contributed by atoms with Crippen LogP contribution in [0.4, 0.5) is 4.39 Å². The number of hydrogen-bond donors (Lipinski definition) is 2. The summed E-state index contributed by atoms with van der Waals surface area (Å²) in [5.41, 5.74) is 1.59. The Bertz CT molecular complexity index is 384. The fraction of sp³-hybridized carbons (Fsp3) is 0.538. The monoisotopic (exact) mass is 257 g/mol. The Labute approximate surface area is 107 Å². The predicted molar refractivity (Wildman–Crippen MR) is 71.0 cm³/mol. The summed E-state index contributed by atoms with van der Waals surface area (Å²) in [6, 6.07) is 3.54. The largest absolute Gasteiger partial charge is 0.395 e. The third-order valence-electron chi connectivity index (χ3n) is 2.78. The Balaban J connectivity index is 3.11. The molecule has 2 atom stereocenters. The molecule has 2 nitrogen and oxygen atoms in total. The second-order valence-corrected chi connectivity index (χ2v) is 5.74. The van der Waals surface area contributed by atoms with Crippen LogP contribution < -0.4 is 5.32 Å². The van der Waals surface area contributed by atoms with Gasteiger partial charge >= 0.3 is 0 Å². The van der Waals surface area contributed by atoms with Crippen LogP contribution in [-0.4, -0.2) is 24.0 Å². The van der Waals surface area contributed by atoms with Crippen LogP contribution in [0.1, 0.15) is 31.0 Å². The van der Waals surface area contributed by atoms with Crippen molar-refractivity contribution in [1.82, 2.24) is 5.32 Å². The van der Waals surface area contributed by atoms with Crippen molar-refractivity contribution in [2.75, 3.05) is 13.7 Å². The molecule has 0 fully saturated rings. The number of benzene rings is 1. The Hall–Kier alpha value is -0.580. The molecule has 96 valence electrons. The van der Waals surface area contributed by atoms with Gasteiger partial charge in [-0.2, -0.15) is 0 Å². The van der Waals surface area contributed by atoms with E-state index in [9.17, 15) is 4.39 Å². The lowest BCUT2D eigenvalue weighted by Gasteiger charge is -2.18. The molecule has 0 aliphatic heterocycles. The molecule has 0 saturated carbocycles. The van der Waals surface area contributed by atoms with Gasteiger partial charge in [0.15, 0.2) is 0 Å². The van der Waals surface area contributed by atoms with Crippen molar-refractivity contribution in [3.63, 3.8) is 0 Å². The van der Waals surface area contributed by atoms with Crippen LogP contribution in [-0.2, 0) is 0 Å². The second-order valence-electron chi connectivity index (χ2n) is 4.26. The van der Waals surface area contributed by atoms with Crippen LogP contribution in [0.2, 0.25) is 0 Å². The number of aliphatic hydroxyl groups excluding tert-OH is 1. The molecule has 0 bridgehead atoms. The number of nitrogens with one attached hydrogen (secondary N) is 1. The maximum Gasteiger partial charge on any atom is 0.126 e. The van der Waals surface area contributed by atoms with Gasteiger partial charge in [-0.05, 0) is 44.2 Å². The van der Waals surface area contributed by atoms with E-state index in [0.29, 0.717) is 5.56 Å². The molecule has 1 rings (SSSR count). The van der Waals surface area contributed by atoms with Gasteiger partial charge in [-0.15, -0.1) is 11.8 Å². The predicted octanol–water partition coefficient (Wildman–Crippen LogP) is 2.89. The van der Waals surface area contributed by atoms with Crippen molar-refractivity contribution in [2.45, 2.75) is 37.0 Å². The Morgan fingerprint density at radius 1 is 1.41 bits per heavy atom. The third-order valence-corrected chi connectivity index (χ3v) is 3.93. The number of rotatable bonds is 5. The molecule has 2 unspecified atom stereocenters. The highest BCUT2D eigenvalue weighted by atomic mass is 32.2. The minimum atomic E-state index is -0.178. The molecule has 0 aromatic heterocycles. The molecule has 0 radical (unpaired) electrons. The van der Waals surface area contributed by atoms with Crippen LogP contribution in [0.3, 0.4) is 0 Å². The minimum absolute atomic E-state index is 0.0958. The van der Waals surface area contributed by atoms with Gasteiger partial charge in [-0.1, -0.05) is 6.92 Å². The molecule has 0 aliphatic rings. The summed E-state index contributed by atoms with van der Waals surface area (Å²) in [5, 5.41) is 12.3. The van der Waals surface area contributed by atoms with E-state index in [4.69, 9.17) is 5.11 Å². The molecule has 0 heterocycles. The normalized spacial score (nSPS) is 14.7. The average molecular weight is 257 g/mol. The van der Waals surface area contributed by atoms with E-state index >= 15 is 0 Å². The van der Waals surface area contributed by atoms with Gasteiger partial charge in [0.1, 0.15) is 5.82 Å². The summed E-state index contributed by atoms with van der Waals surface area (Å²) in [6.45, 7) is 5.83. The van der Waals surface area contributed by atoms with E-state index in [1.807, 2.05) is 27.0 Å². The highest BCUT2D eigenvalue weighted by molar-refractivity contribution is 8.00. The molecule has 0 amide bonds. The quantitative estimate of drug-likeness (QED) is 0.796. The van der Waals surface area contributed by atoms with E-state index in [2.05, 4.69) is 5.32 Å². The van der Waals surface area contributed by atoms with E-state index in [0.717, 1.165) is 10.5 Å². The fourth-order valence-corrected chi connectivity index (χ4v) is 2.65. The van der Waals surface area contributed by atoms with Gasteiger partial charge in [-0.25, -0.2) is 4.39 Å². The Morgan fingerprint density at radius 3 is 2.59 bits per heavy atom. The molecule has 2 N–H and O–H groups in total. The van der Waals surface area contributed by atoms with Gasteiger partial charge in [0.2, 0.25) is 0 Å². The van der Waals surface area contributed by atoms with Crippen LogP contribution >= 0.6 is 11.8 Å². The molecule has 1 aromatic carbocycles. The standard InChI is InChI=1S/C13H20FNOS/c1-8-5-13(17-9(2)7-16)11(6-12(8)14)10(3)15-4/h5-6,9-10,15-16H,7H2,1-4H3. The van der Waals surface area contributed by atoms with Gasteiger partial charge in [0, 0.05) is 16.2 Å². The first-order chi connectivity index (χ1) is 7.99. The van der Waals surface area contributed by atoms with E-state index < -0.39 is 0 Å². The summed E-state index contributed by atoms with van der Waals surface area (Å²) >= 11 is 1.58. The molecule has 4 heteroatoms. The van der Waals surface area contributed by atoms with E-state index in [-0.39, 0.29) is 23.7 Å². The van der Waals surface area contributed by atoms with E-state index in [1.165, 1.54) is 0 Å². The Kier molecular flexibility index (Phi) is 5.43. The van der Waals surface area contributed by atoms with Crippen LogP contribution in [0.5, 0.6) is 0 Å². The summed E-state index contributed by atoms with van der Waals surface area (Å²) in [5.74, 6) is -0.178. The van der Waals surface area contributed by atoms with Crippen LogP contribution in [0.15, 0.2) is 17.0 Å². The van der Waals surface area contributed by atoms with E-state index in [1.54, 1.807) is 24.8 Å². The van der Waals surface area contributed by atoms with Crippen molar-refractivity contribution < 1.29 is 9.50 Å². The summed E-state index contributed by atoms with van der Waals surface area (Å²) in [4.78, 5) is 1.03. The number of halogens is 1. The maximum atomic E-state index is 13.6. The fourth-order valence-electron chi connectivity index (χ4n) is 1.52. The number of aliphatic hydroxyl groups is 1. The lowest BCUT2D eigenvalue weighted by Crippen LogP contribution is -2.14. The third kappa shape index (κ3) is 3.69. The molecule has 1 aromatic rings. The van der Waals surface area contributed by atoms with Crippen molar-refractivity contribution in [1.29, 1.82) is 0 Å². The van der Waals surface area contributed by atoms with Crippen LogP contribution in [0.25, 0.3) is 0 Å². The molecular weight excluding hydrogens is 237 g/mol. The molecular formula is C13H20FNOS. The Morgan fingerprint density at radius 2 is 2.06 bits per heavy atom. The van der Waals surface area contributed by atoms with Crippen molar-refractivity contribution >= 4 is 11.8 Å². The zero-order chi connectivity index (χ0) is 13.0. The number of aryl methyl sites for hydroxylation is 1. The van der Waals surface area contributed by atoms with Gasteiger partial charge in [0.25, 0.3) is 0 Å². The van der Waals surface area contributed by atoms with Crippen LogP contribution in [0, 0.1) is 12.7 Å². The lowest BCUT2D eigenvalue weighted by molar-refractivity contribution is 0.300. The summed E-state index contributed by atoms with van der Waals surface area (Å²) < 4.78 is 13.6. The second kappa shape index (κ2) is 6.38. The highest BCUT2D eigenvalue weighted by Gasteiger charge is 2.14. The minimum Gasteiger partial charge on any atom is -0.395 e. The first kappa shape index (κ1) is 14.5. The topological polar surface area (TPSA) is 32.3 Å². The molecule has 0 aliphatic carbocycles. The molecule has 17 heavy (non-hydrogen) atoms. The lowest BCUT2D eigenvalue weighted by atomic mass is 10.1. The number of thioether (sulfide) groups is 1. The molecule has 0 saturated heterocycles. The van der Waals surface area contributed by atoms with Gasteiger partial charge < -0.3 is 10.4 Å². The van der Waals surface area contributed by atoms with Gasteiger partial charge in [-0.3, -0.25) is 0 Å². The van der Waals surface area contributed by atoms with Crippen molar-refractivity contribution in [3.05, 3.63) is 29.1 Å². The molecule has 0 spiro atoms. The summed E-state index contributed by atoms with van der Waals surface area (Å²) in [7, 11) is 1.85. The first-order valence-electron chi connectivity index (χ1n) is 5.74. The summed E-state index contributed by atoms with van der Waals surface area (Å²) in [6.07, 6.45) is 0. The zero-order valence-corrected chi connectivity index (χ0v) is 11.6. The van der Waals surface area contributed by atoms with Crippen molar-refractivity contribution in [3.8, 4) is 0 Å². The van der Waals surface area contributed by atoms with Crippen molar-refractivity contribution in [2.24, 2.45) is 0 Å². The first-order valence-corrected chi connectivity index (χ1v) is 6.62. The highest BCUT2D eigenvalue weighted by Crippen LogP contribution is 2.32. The SMILES string of the molecule is CNC(C)c1cc(F)c(C)cc1SC(C)CO. The number of hydrogen-bond acceptors (Lipinski definition) is 3. The maximum absolute atomic E-state index is 13.6. The smallest absolute Gasteiger partial charge is 0.126 e. The van der Waals surface area contributed by atoms with Gasteiger partial charge in [0.05, 0.1) is 6.61 Å². The average Bonchev–Trinajstić information content (AvgIpc) is 2.32.